The molecule has 2 heterocycles. The Bertz CT molecular complexity index is 1600. The van der Waals surface area contributed by atoms with E-state index in [1.54, 1.807) is 24.5 Å². The number of aryl methyl sites for hydroxylation is 2. The SMILES string of the molecule is Cc1cc2c(cc1F)c(C#N)c(B(O)O)n2CC1CC1.Cc1cc2c(cc1F)c(C#N)cn2CC1CC1. The number of benzene rings is 2. The van der Waals surface area contributed by atoms with E-state index >= 15 is 0 Å². The van der Waals surface area contributed by atoms with Crippen LogP contribution in [0.4, 0.5) is 8.78 Å². The third-order valence-corrected chi connectivity index (χ3v) is 7.31. The zero-order valence-electron chi connectivity index (χ0n) is 20.8. The van der Waals surface area contributed by atoms with Crippen molar-refractivity contribution in [3.05, 3.63) is 64.4 Å². The first kappa shape index (κ1) is 25.0. The van der Waals surface area contributed by atoms with Gasteiger partial charge in [-0.05, 0) is 86.8 Å². The van der Waals surface area contributed by atoms with Crippen LogP contribution in [-0.4, -0.2) is 26.3 Å². The summed E-state index contributed by atoms with van der Waals surface area (Å²) in [5, 5.41) is 38.7. The fourth-order valence-corrected chi connectivity index (χ4v) is 4.87. The molecule has 188 valence electrons. The van der Waals surface area contributed by atoms with E-state index < -0.39 is 12.9 Å². The Hall–Kier alpha value is -3.66. The first-order valence-electron chi connectivity index (χ1n) is 12.5. The summed E-state index contributed by atoms with van der Waals surface area (Å²) in [6, 6.07) is 10.4. The zero-order valence-corrected chi connectivity index (χ0v) is 20.8. The molecule has 0 spiro atoms. The Balaban J connectivity index is 0.000000153. The van der Waals surface area contributed by atoms with Crippen molar-refractivity contribution in [3.8, 4) is 12.1 Å². The molecule has 2 saturated carbocycles. The molecule has 4 aromatic rings. The van der Waals surface area contributed by atoms with Crippen LogP contribution in [0.2, 0.25) is 0 Å². The third-order valence-electron chi connectivity index (χ3n) is 7.31. The van der Waals surface area contributed by atoms with Crippen LogP contribution in [0.1, 0.15) is 47.9 Å². The lowest BCUT2D eigenvalue weighted by Gasteiger charge is -2.10. The number of nitrogens with zero attached hydrogens (tertiary/aromatic N) is 4. The van der Waals surface area contributed by atoms with E-state index in [4.69, 9.17) is 5.26 Å². The van der Waals surface area contributed by atoms with Gasteiger partial charge in [0.25, 0.3) is 0 Å². The van der Waals surface area contributed by atoms with Gasteiger partial charge < -0.3 is 19.2 Å². The molecule has 2 aromatic heterocycles. The molecule has 2 aliphatic rings. The monoisotopic (exact) mass is 500 g/mol. The number of aromatic nitrogens is 2. The fraction of sp³-hybridized carbons (Fsp3) is 0.357. The van der Waals surface area contributed by atoms with Crippen LogP contribution in [0.3, 0.4) is 0 Å². The molecule has 0 radical (unpaired) electrons. The van der Waals surface area contributed by atoms with Crippen molar-refractivity contribution in [2.24, 2.45) is 11.8 Å². The molecule has 2 N–H and O–H groups in total. The second kappa shape index (κ2) is 9.66. The maximum Gasteiger partial charge on any atom is 0.507 e. The predicted octanol–water partition coefficient (Wildman–Crippen LogP) is 4.42. The largest absolute Gasteiger partial charge is 0.507 e. The summed E-state index contributed by atoms with van der Waals surface area (Å²) >= 11 is 0. The Labute approximate surface area is 214 Å². The van der Waals surface area contributed by atoms with Gasteiger partial charge in [0.2, 0.25) is 0 Å². The topological polar surface area (TPSA) is 97.9 Å². The number of rotatable bonds is 5. The van der Waals surface area contributed by atoms with Crippen molar-refractivity contribution < 1.29 is 18.8 Å². The molecule has 0 atom stereocenters. The van der Waals surface area contributed by atoms with E-state index in [1.807, 2.05) is 18.3 Å². The normalized spacial score (nSPS) is 14.8. The van der Waals surface area contributed by atoms with Crippen molar-refractivity contribution in [2.75, 3.05) is 0 Å². The van der Waals surface area contributed by atoms with Crippen molar-refractivity contribution in [2.45, 2.75) is 52.6 Å². The van der Waals surface area contributed by atoms with Crippen LogP contribution in [0, 0.1) is 60.0 Å². The lowest BCUT2D eigenvalue weighted by Crippen LogP contribution is -2.38. The van der Waals surface area contributed by atoms with Gasteiger partial charge in [0.05, 0.1) is 16.7 Å². The summed E-state index contributed by atoms with van der Waals surface area (Å²) in [5.74, 6) is 0.609. The molecule has 0 amide bonds. The number of hydrogen-bond donors (Lipinski definition) is 2. The third kappa shape index (κ3) is 4.85. The van der Waals surface area contributed by atoms with Crippen LogP contribution in [0.15, 0.2) is 30.5 Å². The van der Waals surface area contributed by atoms with Gasteiger partial charge in [0.1, 0.15) is 23.8 Å². The molecule has 0 saturated heterocycles. The minimum absolute atomic E-state index is 0.148. The highest BCUT2D eigenvalue weighted by atomic mass is 19.1. The number of hydrogen-bond acceptors (Lipinski definition) is 4. The van der Waals surface area contributed by atoms with Crippen molar-refractivity contribution in [1.82, 2.24) is 9.13 Å². The van der Waals surface area contributed by atoms with E-state index in [2.05, 4.69) is 10.6 Å². The van der Waals surface area contributed by atoms with Gasteiger partial charge in [-0.3, -0.25) is 0 Å². The zero-order chi connectivity index (χ0) is 26.4. The second-order valence-electron chi connectivity index (χ2n) is 10.3. The second-order valence-corrected chi connectivity index (χ2v) is 10.3. The lowest BCUT2D eigenvalue weighted by atomic mass is 9.82. The molecule has 2 aromatic carbocycles. The smallest absolute Gasteiger partial charge is 0.422 e. The van der Waals surface area contributed by atoms with Crippen LogP contribution < -0.4 is 5.59 Å². The maximum absolute atomic E-state index is 13.7. The van der Waals surface area contributed by atoms with E-state index in [0.717, 1.165) is 36.2 Å². The van der Waals surface area contributed by atoms with E-state index in [-0.39, 0.29) is 17.0 Å². The Morgan fingerprint density at radius 3 is 1.97 bits per heavy atom. The molecule has 6 nitrogen and oxygen atoms in total. The highest BCUT2D eigenvalue weighted by molar-refractivity contribution is 6.59. The minimum atomic E-state index is -1.74. The highest BCUT2D eigenvalue weighted by Crippen LogP contribution is 2.34. The van der Waals surface area contributed by atoms with Crippen molar-refractivity contribution in [3.63, 3.8) is 0 Å². The van der Waals surface area contributed by atoms with Gasteiger partial charge in [-0.25, -0.2) is 8.78 Å². The number of fused-ring (bicyclic) bond motifs is 2. The van der Waals surface area contributed by atoms with E-state index in [1.165, 1.54) is 25.0 Å². The predicted molar refractivity (Wildman–Crippen MR) is 138 cm³/mol. The summed E-state index contributed by atoms with van der Waals surface area (Å²) in [6.45, 7) is 5.00. The Kier molecular flexibility index (Phi) is 6.53. The van der Waals surface area contributed by atoms with Crippen molar-refractivity contribution >= 4 is 34.5 Å². The Morgan fingerprint density at radius 2 is 1.43 bits per heavy atom. The Morgan fingerprint density at radius 1 is 0.865 bits per heavy atom. The van der Waals surface area contributed by atoms with Crippen LogP contribution in [-0.2, 0) is 13.1 Å². The van der Waals surface area contributed by atoms with Gasteiger partial charge in [0, 0.05) is 41.1 Å². The summed E-state index contributed by atoms with van der Waals surface area (Å²) in [7, 11) is -1.74. The number of halogens is 2. The van der Waals surface area contributed by atoms with E-state index in [9.17, 15) is 24.1 Å². The molecular formula is C28H27BF2N4O2. The molecule has 9 heteroatoms. The van der Waals surface area contributed by atoms with Gasteiger partial charge in [-0.1, -0.05) is 0 Å². The van der Waals surface area contributed by atoms with E-state index in [0.29, 0.717) is 40.1 Å². The lowest BCUT2D eigenvalue weighted by molar-refractivity contribution is 0.421. The molecule has 2 fully saturated rings. The molecule has 0 aliphatic heterocycles. The molecule has 37 heavy (non-hydrogen) atoms. The molecule has 0 unspecified atom stereocenters. The van der Waals surface area contributed by atoms with Gasteiger partial charge in [0.15, 0.2) is 0 Å². The fourth-order valence-electron chi connectivity index (χ4n) is 4.87. The maximum atomic E-state index is 13.7. The highest BCUT2D eigenvalue weighted by Gasteiger charge is 2.30. The van der Waals surface area contributed by atoms with Crippen LogP contribution in [0.25, 0.3) is 21.8 Å². The summed E-state index contributed by atoms with van der Waals surface area (Å²) in [6.07, 6.45) is 6.58. The average Bonchev–Trinajstić information content (AvgIpc) is 3.78. The minimum Gasteiger partial charge on any atom is -0.422 e. The van der Waals surface area contributed by atoms with Crippen LogP contribution in [0.5, 0.6) is 0 Å². The molecular weight excluding hydrogens is 473 g/mol. The molecule has 6 rings (SSSR count). The molecule has 0 bridgehead atoms. The summed E-state index contributed by atoms with van der Waals surface area (Å²) in [4.78, 5) is 0. The molecule has 2 aliphatic carbocycles. The summed E-state index contributed by atoms with van der Waals surface area (Å²) in [5.41, 5.74) is 3.67. The first-order valence-corrected chi connectivity index (χ1v) is 12.5. The van der Waals surface area contributed by atoms with Crippen LogP contribution >= 0.6 is 0 Å². The van der Waals surface area contributed by atoms with Crippen molar-refractivity contribution in [1.29, 1.82) is 10.5 Å². The van der Waals surface area contributed by atoms with Gasteiger partial charge in [-0.15, -0.1) is 0 Å². The number of nitriles is 2. The average molecular weight is 500 g/mol. The standard InChI is InChI=1S/C14H14BFN2O2.C14H13FN2/c1-8-4-13-10(5-12(8)16)11(6-17)14(15(19)20)18(13)7-9-2-3-9;1-9-4-14-12(5-13(9)15)11(6-16)8-17(14)7-10-2-3-10/h4-5,9,19-20H,2-3,7H2,1H3;4-5,8,10H,2-3,7H2,1H3. The first-order chi connectivity index (χ1) is 17.7. The van der Waals surface area contributed by atoms with Gasteiger partial charge >= 0.3 is 7.12 Å². The van der Waals surface area contributed by atoms with Gasteiger partial charge in [-0.2, -0.15) is 10.5 Å². The quantitative estimate of drug-likeness (QED) is 0.397. The summed E-state index contributed by atoms with van der Waals surface area (Å²) < 4.78 is 31.1.